The van der Waals surface area contributed by atoms with Crippen LogP contribution in [0.1, 0.15) is 36.1 Å². The Kier molecular flexibility index (Phi) is 10.8. The molecule has 1 N–H and O–H groups in total. The Hall–Kier alpha value is -4.32. The number of hydrogen-bond donors (Lipinski definition) is 1. The molecule has 0 aromatic heterocycles. The number of benzene rings is 4. The minimum absolute atomic E-state index is 0.134. The standard InChI is InChI=1S/C37H35ClN2O6S2/c1-3-39(25-27-7-5-9-35(23-27)47(41,42)43)33-19-13-30(14-20-33)37(29-11-17-32(38)18-12-29)31-15-21-34(22-16-31)40(4-2)26-28-8-6-10-36(24-28)48(44,45)46/h5-24H,3-4,25-26H2,1-2H3,(H-,41,42,43,44,45,46). The van der Waals surface area contributed by atoms with Crippen LogP contribution >= 0.6 is 11.6 Å². The van der Waals surface area contributed by atoms with Crippen molar-refractivity contribution in [3.8, 4) is 0 Å². The molecule has 48 heavy (non-hydrogen) atoms. The first-order valence-electron chi connectivity index (χ1n) is 15.3. The molecule has 4 aromatic carbocycles. The third kappa shape index (κ3) is 8.58. The molecule has 0 unspecified atom stereocenters. The van der Waals surface area contributed by atoms with Crippen LogP contribution in [0.5, 0.6) is 0 Å². The van der Waals surface area contributed by atoms with Crippen molar-refractivity contribution in [2.24, 2.45) is 0 Å². The second-order valence-electron chi connectivity index (χ2n) is 11.2. The molecule has 0 fully saturated rings. The summed E-state index contributed by atoms with van der Waals surface area (Å²) in [6, 6.07) is 28.2. The quantitative estimate of drug-likeness (QED) is 0.131. The predicted molar refractivity (Wildman–Crippen MR) is 189 cm³/mol. The second kappa shape index (κ2) is 14.8. The fourth-order valence-electron chi connectivity index (χ4n) is 5.61. The lowest BCUT2D eigenvalue weighted by molar-refractivity contribution is -0.539. The SMILES string of the molecule is CCN(Cc1cccc(S(=O)(=O)[O-])c1)c1ccc(C(=C2C=CC(=[N+](CC)Cc3cccc(S(=O)(=O)O)c3)C=C2)c2ccc(Cl)cc2)cc1. The van der Waals surface area contributed by atoms with E-state index in [1.807, 2.05) is 68.5 Å². The minimum Gasteiger partial charge on any atom is -0.744 e. The fourth-order valence-corrected chi connectivity index (χ4v) is 6.83. The molecule has 5 rings (SSSR count). The summed E-state index contributed by atoms with van der Waals surface area (Å²) in [4.78, 5) is 1.72. The average Bonchev–Trinajstić information content (AvgIpc) is 3.07. The third-order valence-electron chi connectivity index (χ3n) is 8.07. The van der Waals surface area contributed by atoms with Gasteiger partial charge in [-0.3, -0.25) is 4.55 Å². The minimum atomic E-state index is -4.54. The number of nitrogens with zero attached hydrogens (tertiary/aromatic N) is 2. The first-order valence-corrected chi connectivity index (χ1v) is 18.5. The molecule has 0 radical (unpaired) electrons. The Morgan fingerprint density at radius 3 is 1.90 bits per heavy atom. The summed E-state index contributed by atoms with van der Waals surface area (Å²) in [5.74, 6) is 0. The van der Waals surface area contributed by atoms with Crippen LogP contribution in [-0.4, -0.2) is 49.3 Å². The van der Waals surface area contributed by atoms with Crippen molar-refractivity contribution in [3.05, 3.63) is 154 Å². The van der Waals surface area contributed by atoms with E-state index in [2.05, 4.69) is 33.8 Å². The zero-order valence-electron chi connectivity index (χ0n) is 26.5. The van der Waals surface area contributed by atoms with Crippen LogP contribution in [0, 0.1) is 0 Å². The lowest BCUT2D eigenvalue weighted by Crippen LogP contribution is -2.22. The maximum Gasteiger partial charge on any atom is 0.294 e. The van der Waals surface area contributed by atoms with Crippen molar-refractivity contribution in [3.63, 3.8) is 0 Å². The van der Waals surface area contributed by atoms with Gasteiger partial charge in [-0.25, -0.2) is 13.0 Å². The van der Waals surface area contributed by atoms with Crippen LogP contribution < -0.4 is 4.90 Å². The molecule has 1 aliphatic carbocycles. The van der Waals surface area contributed by atoms with Gasteiger partial charge >= 0.3 is 0 Å². The number of rotatable bonds is 11. The Bertz CT molecular complexity index is 2140. The monoisotopic (exact) mass is 702 g/mol. The van der Waals surface area contributed by atoms with E-state index in [0.29, 0.717) is 31.2 Å². The molecule has 0 saturated carbocycles. The Balaban J connectivity index is 1.46. The second-order valence-corrected chi connectivity index (χ2v) is 14.5. The van der Waals surface area contributed by atoms with Gasteiger partial charge in [0.25, 0.3) is 10.1 Å². The van der Waals surface area contributed by atoms with Gasteiger partial charge in [0.2, 0.25) is 0 Å². The first-order chi connectivity index (χ1) is 22.9. The molecule has 0 heterocycles. The summed E-state index contributed by atoms with van der Waals surface area (Å²) in [5, 5.41) is 0.632. The lowest BCUT2D eigenvalue weighted by Gasteiger charge is -2.24. The van der Waals surface area contributed by atoms with Gasteiger partial charge in [-0.2, -0.15) is 8.42 Å². The number of allylic oxidation sites excluding steroid dienone is 5. The van der Waals surface area contributed by atoms with Gasteiger partial charge in [-0.15, -0.1) is 0 Å². The summed E-state index contributed by atoms with van der Waals surface area (Å²) in [6.07, 6.45) is 8.18. The molecular weight excluding hydrogens is 668 g/mol. The van der Waals surface area contributed by atoms with E-state index in [4.69, 9.17) is 11.6 Å². The van der Waals surface area contributed by atoms with Gasteiger partial charge in [-0.05, 0) is 102 Å². The lowest BCUT2D eigenvalue weighted by atomic mass is 9.90. The van der Waals surface area contributed by atoms with Gasteiger partial charge in [0.05, 0.1) is 9.79 Å². The zero-order chi connectivity index (χ0) is 34.5. The molecule has 248 valence electrons. The van der Waals surface area contributed by atoms with Gasteiger partial charge < -0.3 is 9.45 Å². The molecule has 11 heteroatoms. The van der Waals surface area contributed by atoms with Crippen molar-refractivity contribution >= 4 is 48.8 Å². The van der Waals surface area contributed by atoms with Gasteiger partial charge in [0, 0.05) is 41.5 Å². The van der Waals surface area contributed by atoms with Crippen molar-refractivity contribution in [2.45, 2.75) is 36.7 Å². The van der Waals surface area contributed by atoms with Crippen molar-refractivity contribution in [1.82, 2.24) is 0 Å². The summed E-state index contributed by atoms with van der Waals surface area (Å²) < 4.78 is 69.5. The summed E-state index contributed by atoms with van der Waals surface area (Å²) >= 11 is 6.24. The Morgan fingerprint density at radius 1 is 0.771 bits per heavy atom. The summed E-state index contributed by atoms with van der Waals surface area (Å²) in [5.41, 5.74) is 7.34. The highest BCUT2D eigenvalue weighted by Crippen LogP contribution is 2.32. The van der Waals surface area contributed by atoms with Crippen LogP contribution in [-0.2, 0) is 33.3 Å². The molecular formula is C37H35ClN2O6S2. The van der Waals surface area contributed by atoms with Crippen LogP contribution in [0.15, 0.2) is 137 Å². The van der Waals surface area contributed by atoms with Gasteiger partial charge in [0.1, 0.15) is 16.7 Å². The highest BCUT2D eigenvalue weighted by molar-refractivity contribution is 7.86. The third-order valence-corrected chi connectivity index (χ3v) is 10.0. The zero-order valence-corrected chi connectivity index (χ0v) is 28.8. The maximum atomic E-state index is 11.6. The van der Waals surface area contributed by atoms with E-state index >= 15 is 0 Å². The number of halogens is 1. The highest BCUT2D eigenvalue weighted by atomic mass is 35.5. The van der Waals surface area contributed by atoms with Gasteiger partial charge in [-0.1, -0.05) is 60.1 Å². The van der Waals surface area contributed by atoms with Crippen LogP contribution in [0.3, 0.4) is 0 Å². The number of anilines is 1. The first kappa shape index (κ1) is 35.0. The van der Waals surface area contributed by atoms with E-state index in [9.17, 15) is 25.9 Å². The smallest absolute Gasteiger partial charge is 0.294 e. The molecule has 0 atom stereocenters. The molecule has 0 saturated heterocycles. The average molecular weight is 703 g/mol. The molecule has 8 nitrogen and oxygen atoms in total. The number of hydrogen-bond acceptors (Lipinski definition) is 6. The van der Waals surface area contributed by atoms with E-state index in [0.717, 1.165) is 44.8 Å². The summed E-state index contributed by atoms with van der Waals surface area (Å²) in [6.45, 7) is 6.27. The van der Waals surface area contributed by atoms with Gasteiger partial charge in [0.15, 0.2) is 12.3 Å². The Labute approximate surface area is 287 Å². The molecule has 0 amide bonds. The van der Waals surface area contributed by atoms with Crippen LogP contribution in [0.25, 0.3) is 5.57 Å². The van der Waals surface area contributed by atoms with Crippen molar-refractivity contribution in [2.75, 3.05) is 18.0 Å². The normalized spacial score (nSPS) is 13.1. The van der Waals surface area contributed by atoms with E-state index < -0.39 is 20.2 Å². The van der Waals surface area contributed by atoms with E-state index in [-0.39, 0.29) is 9.79 Å². The molecule has 0 aliphatic heterocycles. The largest absolute Gasteiger partial charge is 0.744 e. The van der Waals surface area contributed by atoms with Crippen LogP contribution in [0.2, 0.25) is 5.02 Å². The molecule has 4 aromatic rings. The van der Waals surface area contributed by atoms with Crippen molar-refractivity contribution in [1.29, 1.82) is 0 Å². The van der Waals surface area contributed by atoms with E-state index in [1.165, 1.54) is 24.3 Å². The maximum absolute atomic E-state index is 11.6. The van der Waals surface area contributed by atoms with Crippen molar-refractivity contribution < 1.29 is 30.5 Å². The topological polar surface area (TPSA) is 118 Å². The molecule has 0 bridgehead atoms. The summed E-state index contributed by atoms with van der Waals surface area (Å²) in [7, 11) is -8.84. The highest BCUT2D eigenvalue weighted by Gasteiger charge is 2.18. The molecule has 1 aliphatic rings. The molecule has 0 spiro atoms. The fraction of sp³-hybridized carbons (Fsp3) is 0.162. The van der Waals surface area contributed by atoms with Crippen LogP contribution in [0.4, 0.5) is 5.69 Å². The Morgan fingerprint density at radius 2 is 1.33 bits per heavy atom. The predicted octanol–water partition coefficient (Wildman–Crippen LogP) is 7.12. The van der Waals surface area contributed by atoms with E-state index in [1.54, 1.807) is 18.2 Å².